The Labute approximate surface area is 215 Å². The number of nitro benzene ring substituents is 1. The molecule has 0 saturated heterocycles. The highest BCUT2D eigenvalue weighted by Crippen LogP contribution is 2.48. The van der Waals surface area contributed by atoms with Crippen LogP contribution < -0.4 is 5.32 Å². The Morgan fingerprint density at radius 2 is 1.67 bits per heavy atom. The van der Waals surface area contributed by atoms with E-state index in [4.69, 9.17) is 11.6 Å². The van der Waals surface area contributed by atoms with Gasteiger partial charge in [-0.25, -0.2) is 0 Å². The molecule has 0 spiro atoms. The molecule has 1 N–H and O–H groups in total. The predicted molar refractivity (Wildman–Crippen MR) is 143 cm³/mol. The van der Waals surface area contributed by atoms with Gasteiger partial charge in [-0.1, -0.05) is 67.9 Å². The lowest BCUT2D eigenvalue weighted by atomic mass is 9.67. The number of hydrogen-bond acceptors (Lipinski definition) is 4. The number of benzene rings is 3. The van der Waals surface area contributed by atoms with Gasteiger partial charge in [0.05, 0.1) is 4.92 Å². The summed E-state index contributed by atoms with van der Waals surface area (Å²) in [5.41, 5.74) is 5.71. The monoisotopic (exact) mass is 496 g/mol. The maximum atomic E-state index is 14.1. The average Bonchev–Trinajstić information content (AvgIpc) is 2.87. The second-order valence-electron chi connectivity index (χ2n) is 9.79. The molecule has 0 bridgehead atoms. The average molecular weight is 497 g/mol. The zero-order chi connectivity index (χ0) is 25.4. The zero-order valence-corrected chi connectivity index (χ0v) is 20.8. The van der Waals surface area contributed by atoms with Crippen LogP contribution in [0, 0.1) is 15.5 Å². The van der Waals surface area contributed by atoms with Crippen molar-refractivity contribution in [2.75, 3.05) is 0 Å². The Bertz CT molecular complexity index is 1430. The van der Waals surface area contributed by atoms with Crippen LogP contribution in [0.15, 0.2) is 102 Å². The van der Waals surface area contributed by atoms with Crippen molar-refractivity contribution < 1.29 is 9.72 Å². The molecule has 1 aliphatic carbocycles. The summed E-state index contributed by atoms with van der Waals surface area (Å²) >= 11 is 6.12. The minimum atomic E-state index is -0.436. The molecule has 1 unspecified atom stereocenters. The number of ketones is 1. The summed E-state index contributed by atoms with van der Waals surface area (Å²) in [7, 11) is 0. The first-order chi connectivity index (χ1) is 17.2. The van der Waals surface area contributed by atoms with E-state index in [0.717, 1.165) is 33.7 Å². The fourth-order valence-corrected chi connectivity index (χ4v) is 5.08. The number of rotatable bonds is 4. The van der Waals surface area contributed by atoms with Crippen molar-refractivity contribution in [3.63, 3.8) is 0 Å². The van der Waals surface area contributed by atoms with Crippen molar-refractivity contribution in [3.05, 3.63) is 134 Å². The Morgan fingerprint density at radius 3 is 2.31 bits per heavy atom. The van der Waals surface area contributed by atoms with Gasteiger partial charge in [-0.2, -0.15) is 0 Å². The predicted octanol–water partition coefficient (Wildman–Crippen LogP) is 7.31. The Balaban J connectivity index is 1.60. The highest BCUT2D eigenvalue weighted by atomic mass is 35.5. The summed E-state index contributed by atoms with van der Waals surface area (Å²) in [5.74, 6) is -0.218. The Kier molecular flexibility index (Phi) is 6.10. The van der Waals surface area contributed by atoms with Gasteiger partial charge in [0.1, 0.15) is 0 Å². The third kappa shape index (κ3) is 4.50. The molecule has 1 atom stereocenters. The summed E-state index contributed by atoms with van der Waals surface area (Å²) in [5, 5.41) is 15.3. The van der Waals surface area contributed by atoms with Gasteiger partial charge in [0.2, 0.25) is 0 Å². The van der Waals surface area contributed by atoms with Crippen LogP contribution in [0.25, 0.3) is 11.8 Å². The van der Waals surface area contributed by atoms with E-state index in [1.165, 1.54) is 12.1 Å². The number of dihydropyridines is 1. The maximum Gasteiger partial charge on any atom is 0.269 e. The molecule has 1 aliphatic heterocycles. The van der Waals surface area contributed by atoms with Crippen LogP contribution in [0.3, 0.4) is 0 Å². The molecule has 180 valence electrons. The van der Waals surface area contributed by atoms with Gasteiger partial charge < -0.3 is 5.32 Å². The van der Waals surface area contributed by atoms with Crippen LogP contribution in [0.2, 0.25) is 5.02 Å². The number of non-ortho nitro benzene ring substituents is 1. The molecule has 0 amide bonds. The lowest BCUT2D eigenvalue weighted by molar-refractivity contribution is -0.384. The number of Topliss-reactive ketones (excluding diaryl/α,β-unsaturated/α-hetero) is 1. The molecule has 0 saturated carbocycles. The molecule has 5 rings (SSSR count). The summed E-state index contributed by atoms with van der Waals surface area (Å²) in [6.07, 6.45) is 4.63. The standard InChI is InChI=1S/C30H25ClN2O3/c1-30(2)18-27-28(29(34)25(30)16-19-8-14-23(15-9-19)33(35)36)24(20-6-4-3-5-7-20)17-26(32-27)21-10-12-22(31)13-11-21/h3-17,24,32H,18H2,1-2H3/b25-16+. The molecule has 0 aromatic heterocycles. The number of nitrogens with zero attached hydrogens (tertiary/aromatic N) is 1. The van der Waals surface area contributed by atoms with Gasteiger partial charge in [-0.15, -0.1) is 0 Å². The Morgan fingerprint density at radius 1 is 1.00 bits per heavy atom. The molecular formula is C30H25ClN2O3. The quantitative estimate of drug-likeness (QED) is 0.233. The fraction of sp³-hybridized carbons (Fsp3) is 0.167. The number of hydrogen-bond donors (Lipinski definition) is 1. The van der Waals surface area contributed by atoms with Gasteiger partial charge in [-0.05, 0) is 64.9 Å². The number of halogens is 1. The number of nitro groups is 1. The molecule has 3 aromatic carbocycles. The summed E-state index contributed by atoms with van der Waals surface area (Å²) in [6, 6.07) is 24.0. The number of carbonyl (C=O) groups is 1. The number of nitrogens with one attached hydrogen (secondary N) is 1. The number of allylic oxidation sites excluding steroid dienone is 4. The highest BCUT2D eigenvalue weighted by Gasteiger charge is 2.42. The lowest BCUT2D eigenvalue weighted by Gasteiger charge is -2.40. The smallest absolute Gasteiger partial charge is 0.269 e. The SMILES string of the molecule is CC1(C)CC2=C(C(=O)/C1=C\c1ccc([N+](=O)[O-])cc1)C(c1ccccc1)C=C(c1ccc(Cl)cc1)N2. The summed E-state index contributed by atoms with van der Waals surface area (Å²) in [6.45, 7) is 4.12. The van der Waals surface area contributed by atoms with Crippen LogP contribution in [-0.4, -0.2) is 10.7 Å². The molecule has 2 aliphatic rings. The lowest BCUT2D eigenvalue weighted by Crippen LogP contribution is -2.37. The number of carbonyl (C=O) groups excluding carboxylic acids is 1. The van der Waals surface area contributed by atoms with E-state index in [1.54, 1.807) is 12.1 Å². The van der Waals surface area contributed by atoms with Gasteiger partial charge in [0.25, 0.3) is 5.69 Å². The van der Waals surface area contributed by atoms with E-state index < -0.39 is 10.3 Å². The second kappa shape index (κ2) is 9.25. The van der Waals surface area contributed by atoms with Crippen molar-refractivity contribution in [1.82, 2.24) is 5.32 Å². The molecule has 0 fully saturated rings. The van der Waals surface area contributed by atoms with Crippen LogP contribution in [-0.2, 0) is 4.79 Å². The van der Waals surface area contributed by atoms with Crippen LogP contribution in [0.5, 0.6) is 0 Å². The summed E-state index contributed by atoms with van der Waals surface area (Å²) < 4.78 is 0. The van der Waals surface area contributed by atoms with Gasteiger partial charge in [0.15, 0.2) is 5.78 Å². The van der Waals surface area contributed by atoms with Crippen molar-refractivity contribution in [3.8, 4) is 0 Å². The Hall–Kier alpha value is -3.96. The van der Waals surface area contributed by atoms with E-state index in [0.29, 0.717) is 17.0 Å². The molecule has 0 radical (unpaired) electrons. The minimum Gasteiger partial charge on any atom is -0.358 e. The molecule has 1 heterocycles. The van der Waals surface area contributed by atoms with Crippen LogP contribution >= 0.6 is 11.6 Å². The first-order valence-corrected chi connectivity index (χ1v) is 12.1. The first kappa shape index (κ1) is 23.8. The van der Waals surface area contributed by atoms with E-state index >= 15 is 0 Å². The van der Waals surface area contributed by atoms with Gasteiger partial charge in [0, 0.05) is 45.6 Å². The zero-order valence-electron chi connectivity index (χ0n) is 20.0. The third-order valence-corrected chi connectivity index (χ3v) is 7.07. The molecule has 5 nitrogen and oxygen atoms in total. The molecular weight excluding hydrogens is 472 g/mol. The van der Waals surface area contributed by atoms with Crippen LogP contribution in [0.4, 0.5) is 5.69 Å². The molecule has 6 heteroatoms. The van der Waals surface area contributed by atoms with Gasteiger partial charge in [-0.3, -0.25) is 14.9 Å². The third-order valence-electron chi connectivity index (χ3n) is 6.82. The van der Waals surface area contributed by atoms with E-state index in [9.17, 15) is 14.9 Å². The molecule has 3 aromatic rings. The van der Waals surface area contributed by atoms with Gasteiger partial charge >= 0.3 is 0 Å². The normalized spacial score (nSPS) is 20.0. The van der Waals surface area contributed by atoms with E-state index in [1.807, 2.05) is 60.7 Å². The maximum absolute atomic E-state index is 14.1. The van der Waals surface area contributed by atoms with Crippen LogP contribution in [0.1, 0.15) is 42.9 Å². The van der Waals surface area contributed by atoms with Crippen molar-refractivity contribution in [2.45, 2.75) is 26.2 Å². The van der Waals surface area contributed by atoms with E-state index in [2.05, 4.69) is 25.2 Å². The largest absolute Gasteiger partial charge is 0.358 e. The minimum absolute atomic E-state index is 0.00707. The van der Waals surface area contributed by atoms with Crippen molar-refractivity contribution >= 4 is 34.8 Å². The molecule has 36 heavy (non-hydrogen) atoms. The second-order valence-corrected chi connectivity index (χ2v) is 10.2. The fourth-order valence-electron chi connectivity index (χ4n) is 4.96. The van der Waals surface area contributed by atoms with Crippen molar-refractivity contribution in [1.29, 1.82) is 0 Å². The topological polar surface area (TPSA) is 72.2 Å². The van der Waals surface area contributed by atoms with E-state index in [-0.39, 0.29) is 17.4 Å². The van der Waals surface area contributed by atoms with Crippen molar-refractivity contribution in [2.24, 2.45) is 5.41 Å². The summed E-state index contributed by atoms with van der Waals surface area (Å²) in [4.78, 5) is 24.7. The first-order valence-electron chi connectivity index (χ1n) is 11.8. The highest BCUT2D eigenvalue weighted by molar-refractivity contribution is 6.30.